The molecule has 0 amide bonds. The van der Waals surface area contributed by atoms with E-state index in [1.807, 2.05) is 55.5 Å². The molecule has 1 aliphatic rings. The van der Waals surface area contributed by atoms with Gasteiger partial charge in [0, 0.05) is 24.3 Å². The number of rotatable bonds is 6. The minimum absolute atomic E-state index is 0.497. The van der Waals surface area contributed by atoms with Gasteiger partial charge in [0.2, 0.25) is 0 Å². The maximum atomic E-state index is 12.4. The average molecular weight is 449 g/mol. The highest BCUT2D eigenvalue weighted by Gasteiger charge is 2.12. The molecule has 3 aromatic rings. The van der Waals surface area contributed by atoms with Crippen molar-refractivity contribution in [1.82, 2.24) is 10.2 Å². The number of sulfonamides is 1. The third-order valence-electron chi connectivity index (χ3n) is 5.54. The van der Waals surface area contributed by atoms with E-state index < -0.39 is 10.0 Å². The van der Waals surface area contributed by atoms with E-state index in [-0.39, 0.29) is 0 Å². The zero-order valence-corrected chi connectivity index (χ0v) is 19.1. The summed E-state index contributed by atoms with van der Waals surface area (Å²) in [4.78, 5) is 2.30. The fourth-order valence-corrected chi connectivity index (χ4v) is 4.57. The van der Waals surface area contributed by atoms with Gasteiger partial charge in [-0.05, 0) is 55.7 Å². The fraction of sp³-hybridized carbons (Fsp3) is 0.280. The van der Waals surface area contributed by atoms with Gasteiger partial charge < -0.3 is 4.90 Å². The summed E-state index contributed by atoms with van der Waals surface area (Å²) in [5.41, 5.74) is 4.11. The standard InChI is InChI=1S/C25H28N4O2S/c1-20-6-8-21(9-7-20)16-19-32(30,31)28-23-12-10-22(11-13-23)24-14-15-25(27-26-24)29-17-4-2-3-5-18-29/h6-16,19,28H,2-5,17-18H2,1H3/b19-16+. The lowest BCUT2D eigenvalue weighted by molar-refractivity contribution is 0.609. The first-order chi connectivity index (χ1) is 15.5. The first kappa shape index (κ1) is 22.0. The number of aryl methyl sites for hydroxylation is 1. The van der Waals surface area contributed by atoms with Gasteiger partial charge in [-0.3, -0.25) is 4.72 Å². The topological polar surface area (TPSA) is 75.2 Å². The monoisotopic (exact) mass is 448 g/mol. The van der Waals surface area contributed by atoms with Crippen LogP contribution in [0.1, 0.15) is 36.8 Å². The molecule has 2 aromatic carbocycles. The van der Waals surface area contributed by atoms with Crippen LogP contribution in [0.5, 0.6) is 0 Å². The van der Waals surface area contributed by atoms with Crippen LogP contribution in [0.3, 0.4) is 0 Å². The summed E-state index contributed by atoms with van der Waals surface area (Å²) >= 11 is 0. The van der Waals surface area contributed by atoms with Gasteiger partial charge in [-0.25, -0.2) is 8.42 Å². The van der Waals surface area contributed by atoms with Gasteiger partial charge in [-0.2, -0.15) is 0 Å². The summed E-state index contributed by atoms with van der Waals surface area (Å²) in [5.74, 6) is 0.917. The number of aromatic nitrogens is 2. The molecular weight excluding hydrogens is 420 g/mol. The largest absolute Gasteiger partial charge is 0.355 e. The van der Waals surface area contributed by atoms with Gasteiger partial charge in [0.1, 0.15) is 0 Å². The molecule has 0 atom stereocenters. The van der Waals surface area contributed by atoms with E-state index in [9.17, 15) is 8.42 Å². The summed E-state index contributed by atoms with van der Waals surface area (Å²) in [6, 6.07) is 18.8. The number of hydrogen-bond donors (Lipinski definition) is 1. The van der Waals surface area contributed by atoms with E-state index in [1.165, 1.54) is 31.1 Å². The molecule has 32 heavy (non-hydrogen) atoms. The van der Waals surface area contributed by atoms with Crippen LogP contribution in [0.15, 0.2) is 66.1 Å². The Kier molecular flexibility index (Phi) is 6.85. The Hall–Kier alpha value is -3.19. The fourth-order valence-electron chi connectivity index (χ4n) is 3.70. The van der Waals surface area contributed by atoms with E-state index in [2.05, 4.69) is 19.8 Å². The highest BCUT2D eigenvalue weighted by atomic mass is 32.2. The minimum Gasteiger partial charge on any atom is -0.355 e. The summed E-state index contributed by atoms with van der Waals surface area (Å²) in [6.45, 7) is 4.05. The SMILES string of the molecule is Cc1ccc(/C=C/S(=O)(=O)Nc2ccc(-c3ccc(N4CCCCCC4)nn3)cc2)cc1. The van der Waals surface area contributed by atoms with Crippen molar-refractivity contribution in [3.63, 3.8) is 0 Å². The molecule has 2 heterocycles. The van der Waals surface area contributed by atoms with Crippen LogP contribution in [-0.2, 0) is 10.0 Å². The Morgan fingerprint density at radius 2 is 1.53 bits per heavy atom. The molecule has 0 bridgehead atoms. The van der Waals surface area contributed by atoms with Crippen LogP contribution < -0.4 is 9.62 Å². The van der Waals surface area contributed by atoms with Gasteiger partial charge in [0.05, 0.1) is 11.1 Å². The third-order valence-corrected chi connectivity index (χ3v) is 6.55. The first-order valence-corrected chi connectivity index (χ1v) is 12.5. The van der Waals surface area contributed by atoms with Crippen molar-refractivity contribution >= 4 is 27.6 Å². The Labute approximate surface area is 190 Å². The molecule has 1 saturated heterocycles. The van der Waals surface area contributed by atoms with Crippen molar-refractivity contribution in [3.05, 3.63) is 77.2 Å². The smallest absolute Gasteiger partial charge is 0.255 e. The van der Waals surface area contributed by atoms with E-state index in [0.29, 0.717) is 5.69 Å². The molecule has 0 spiro atoms. The van der Waals surface area contributed by atoms with E-state index in [4.69, 9.17) is 0 Å². The molecule has 1 aliphatic heterocycles. The maximum Gasteiger partial charge on any atom is 0.255 e. The Morgan fingerprint density at radius 3 is 2.16 bits per heavy atom. The van der Waals surface area contributed by atoms with E-state index >= 15 is 0 Å². The zero-order valence-electron chi connectivity index (χ0n) is 18.2. The van der Waals surface area contributed by atoms with E-state index in [0.717, 1.165) is 41.3 Å². The summed E-state index contributed by atoms with van der Waals surface area (Å²) < 4.78 is 27.3. The lowest BCUT2D eigenvalue weighted by Gasteiger charge is -2.20. The molecule has 0 unspecified atom stereocenters. The Balaban J connectivity index is 1.40. The second-order valence-corrected chi connectivity index (χ2v) is 9.68. The molecule has 0 saturated carbocycles. The normalized spacial score (nSPS) is 15.0. The van der Waals surface area contributed by atoms with Crippen LogP contribution in [0.25, 0.3) is 17.3 Å². The molecule has 0 aliphatic carbocycles. The molecule has 1 N–H and O–H groups in total. The average Bonchev–Trinajstić information content (AvgIpc) is 3.09. The lowest BCUT2D eigenvalue weighted by atomic mass is 10.1. The number of anilines is 2. The van der Waals surface area contributed by atoms with Gasteiger partial charge in [-0.1, -0.05) is 54.8 Å². The quantitative estimate of drug-likeness (QED) is 0.558. The third kappa shape index (κ3) is 5.95. The predicted octanol–water partition coefficient (Wildman–Crippen LogP) is 5.25. The minimum atomic E-state index is -3.61. The molecule has 6 nitrogen and oxygen atoms in total. The summed E-state index contributed by atoms with van der Waals surface area (Å²) in [5, 5.41) is 9.98. The van der Waals surface area contributed by atoms with Crippen molar-refractivity contribution in [3.8, 4) is 11.3 Å². The van der Waals surface area contributed by atoms with Crippen LogP contribution in [0.2, 0.25) is 0 Å². The number of benzene rings is 2. The Morgan fingerprint density at radius 1 is 0.844 bits per heavy atom. The number of hydrogen-bond acceptors (Lipinski definition) is 5. The lowest BCUT2D eigenvalue weighted by Crippen LogP contribution is -2.25. The van der Waals surface area contributed by atoms with Crippen LogP contribution >= 0.6 is 0 Å². The van der Waals surface area contributed by atoms with Crippen molar-refractivity contribution in [2.75, 3.05) is 22.7 Å². The van der Waals surface area contributed by atoms with Crippen molar-refractivity contribution in [1.29, 1.82) is 0 Å². The van der Waals surface area contributed by atoms with Crippen LogP contribution in [0, 0.1) is 6.92 Å². The molecule has 166 valence electrons. The molecular formula is C25H28N4O2S. The second-order valence-electron chi connectivity index (χ2n) is 8.12. The summed E-state index contributed by atoms with van der Waals surface area (Å²) in [6.07, 6.45) is 6.53. The second kappa shape index (κ2) is 9.96. The molecule has 1 aromatic heterocycles. The van der Waals surface area contributed by atoms with Crippen LogP contribution in [-0.4, -0.2) is 31.7 Å². The van der Waals surface area contributed by atoms with Crippen molar-refractivity contribution in [2.45, 2.75) is 32.6 Å². The Bertz CT molecular complexity index is 1150. The molecule has 0 radical (unpaired) electrons. The number of nitrogens with one attached hydrogen (secondary N) is 1. The van der Waals surface area contributed by atoms with Gasteiger partial charge in [-0.15, -0.1) is 10.2 Å². The van der Waals surface area contributed by atoms with Gasteiger partial charge >= 0.3 is 0 Å². The van der Waals surface area contributed by atoms with Gasteiger partial charge in [0.15, 0.2) is 5.82 Å². The number of nitrogens with zero attached hydrogens (tertiary/aromatic N) is 3. The summed E-state index contributed by atoms with van der Waals surface area (Å²) in [7, 11) is -3.61. The van der Waals surface area contributed by atoms with Gasteiger partial charge in [0.25, 0.3) is 10.0 Å². The zero-order chi connectivity index (χ0) is 22.4. The molecule has 4 rings (SSSR count). The highest BCUT2D eigenvalue weighted by Crippen LogP contribution is 2.23. The van der Waals surface area contributed by atoms with Crippen LogP contribution in [0.4, 0.5) is 11.5 Å². The van der Waals surface area contributed by atoms with Crippen molar-refractivity contribution in [2.24, 2.45) is 0 Å². The molecule has 1 fully saturated rings. The molecule has 7 heteroatoms. The highest BCUT2D eigenvalue weighted by molar-refractivity contribution is 7.95. The van der Waals surface area contributed by atoms with E-state index in [1.54, 1.807) is 18.2 Å². The van der Waals surface area contributed by atoms with Crippen molar-refractivity contribution < 1.29 is 8.42 Å². The predicted molar refractivity (Wildman–Crippen MR) is 131 cm³/mol. The maximum absolute atomic E-state index is 12.4. The first-order valence-electron chi connectivity index (χ1n) is 11.0.